The van der Waals surface area contributed by atoms with Gasteiger partial charge < -0.3 is 14.4 Å². The average Bonchev–Trinajstić information content (AvgIpc) is 2.52. The van der Waals surface area contributed by atoms with Gasteiger partial charge in [0.05, 0.1) is 14.2 Å². The Morgan fingerprint density at radius 1 is 1.14 bits per heavy atom. The van der Waals surface area contributed by atoms with E-state index in [1.807, 2.05) is 6.08 Å². The van der Waals surface area contributed by atoms with Crippen LogP contribution in [0.15, 0.2) is 28.2 Å². The Morgan fingerprint density at radius 2 is 1.82 bits per heavy atom. The Labute approximate surface area is 134 Å². The molecule has 124 valence electrons. The molecule has 0 aromatic heterocycles. The van der Waals surface area contributed by atoms with Crippen LogP contribution in [-0.4, -0.2) is 38.1 Å². The summed E-state index contributed by atoms with van der Waals surface area (Å²) in [5.41, 5.74) is 1.32. The fourth-order valence-electron chi connectivity index (χ4n) is 3.25. The zero-order valence-electron chi connectivity index (χ0n) is 14.7. The molecule has 0 N–H and O–H groups in total. The summed E-state index contributed by atoms with van der Waals surface area (Å²) in [6.45, 7) is 9.03. The lowest BCUT2D eigenvalue weighted by molar-refractivity contribution is 0.187. The van der Waals surface area contributed by atoms with Gasteiger partial charge in [-0.2, -0.15) is 4.99 Å². The normalized spacial score (nSPS) is 29.3. The number of likely N-dealkylation sites (tertiary alicyclic amines) is 1. The predicted octanol–water partition coefficient (Wildman–Crippen LogP) is 3.95. The van der Waals surface area contributed by atoms with Gasteiger partial charge >= 0.3 is 0 Å². The van der Waals surface area contributed by atoms with Crippen molar-refractivity contribution in [2.75, 3.05) is 27.3 Å². The Bertz CT molecular complexity index is 469. The van der Waals surface area contributed by atoms with Gasteiger partial charge in [-0.1, -0.05) is 13.8 Å². The largest absolute Gasteiger partial charge is 0.501 e. The van der Waals surface area contributed by atoms with E-state index in [-0.39, 0.29) is 0 Å². The van der Waals surface area contributed by atoms with E-state index in [1.165, 1.54) is 18.4 Å². The second-order valence-electron chi connectivity index (χ2n) is 6.64. The lowest BCUT2D eigenvalue weighted by Crippen LogP contribution is -2.35. The molecule has 0 spiro atoms. The van der Waals surface area contributed by atoms with E-state index < -0.39 is 0 Å². The number of ether oxygens (including phenoxy) is 2. The van der Waals surface area contributed by atoms with Crippen molar-refractivity contribution in [3.8, 4) is 0 Å². The zero-order valence-corrected chi connectivity index (χ0v) is 14.7. The maximum Gasteiger partial charge on any atom is 0.218 e. The SMILES string of the molecule is COC1=N\C(N2CCC(C(C)C)CC2)=C(\C)CC/C(OC)=C\1. The molecule has 2 aliphatic heterocycles. The Balaban J connectivity index is 2.18. The molecule has 2 heterocycles. The predicted molar refractivity (Wildman–Crippen MR) is 90.6 cm³/mol. The van der Waals surface area contributed by atoms with Gasteiger partial charge in [0.1, 0.15) is 11.6 Å². The molecule has 0 aromatic carbocycles. The van der Waals surface area contributed by atoms with Crippen LogP contribution in [0.4, 0.5) is 0 Å². The highest BCUT2D eigenvalue weighted by atomic mass is 16.5. The summed E-state index contributed by atoms with van der Waals surface area (Å²) in [5.74, 6) is 4.29. The van der Waals surface area contributed by atoms with Crippen molar-refractivity contribution >= 4 is 5.90 Å². The van der Waals surface area contributed by atoms with E-state index in [0.29, 0.717) is 5.90 Å². The fourth-order valence-corrected chi connectivity index (χ4v) is 3.25. The number of hydrogen-bond donors (Lipinski definition) is 0. The summed E-state index contributed by atoms with van der Waals surface area (Å²) in [5, 5.41) is 0. The number of aliphatic imine (C=N–C) groups is 1. The fraction of sp³-hybridized carbons (Fsp3) is 0.722. The first kappa shape index (κ1) is 16.9. The second kappa shape index (κ2) is 7.70. The number of rotatable bonds is 3. The van der Waals surface area contributed by atoms with Crippen LogP contribution in [-0.2, 0) is 9.47 Å². The first-order valence-electron chi connectivity index (χ1n) is 8.37. The van der Waals surface area contributed by atoms with Crippen LogP contribution in [0.25, 0.3) is 0 Å². The van der Waals surface area contributed by atoms with Gasteiger partial charge in [0.2, 0.25) is 5.90 Å². The number of piperidine rings is 1. The van der Waals surface area contributed by atoms with Crippen molar-refractivity contribution in [3.63, 3.8) is 0 Å². The van der Waals surface area contributed by atoms with Crippen molar-refractivity contribution < 1.29 is 9.47 Å². The summed E-state index contributed by atoms with van der Waals surface area (Å²) < 4.78 is 10.8. The molecule has 1 fully saturated rings. The molecule has 0 amide bonds. The van der Waals surface area contributed by atoms with Gasteiger partial charge in [-0.25, -0.2) is 0 Å². The number of hydrogen-bond acceptors (Lipinski definition) is 4. The maximum atomic E-state index is 5.42. The first-order valence-corrected chi connectivity index (χ1v) is 8.37. The van der Waals surface area contributed by atoms with Gasteiger partial charge in [0.25, 0.3) is 0 Å². The van der Waals surface area contributed by atoms with Crippen molar-refractivity contribution in [2.45, 2.75) is 46.5 Å². The third kappa shape index (κ3) is 4.05. The second-order valence-corrected chi connectivity index (χ2v) is 6.64. The topological polar surface area (TPSA) is 34.1 Å². The maximum absolute atomic E-state index is 5.42. The zero-order chi connectivity index (χ0) is 16.1. The molecule has 0 atom stereocenters. The minimum Gasteiger partial charge on any atom is -0.501 e. The molecule has 2 rings (SSSR count). The lowest BCUT2D eigenvalue weighted by Gasteiger charge is -2.36. The minimum atomic E-state index is 0.636. The Hall–Kier alpha value is -1.45. The Kier molecular flexibility index (Phi) is 5.92. The van der Waals surface area contributed by atoms with Gasteiger partial charge in [-0.15, -0.1) is 0 Å². The molecular weight excluding hydrogens is 276 g/mol. The minimum absolute atomic E-state index is 0.636. The van der Waals surface area contributed by atoms with Gasteiger partial charge in [0.15, 0.2) is 0 Å². The van der Waals surface area contributed by atoms with Crippen LogP contribution in [0.5, 0.6) is 0 Å². The number of allylic oxidation sites excluding steroid dienone is 2. The van der Waals surface area contributed by atoms with Crippen molar-refractivity contribution in [1.82, 2.24) is 4.90 Å². The van der Waals surface area contributed by atoms with Crippen LogP contribution in [0.3, 0.4) is 0 Å². The van der Waals surface area contributed by atoms with Crippen molar-refractivity contribution in [1.29, 1.82) is 0 Å². The van der Waals surface area contributed by atoms with E-state index in [4.69, 9.17) is 14.5 Å². The standard InChI is InChI=1S/C18H30N2O2/c1-13(2)15-8-10-20(11-9-15)18-14(3)6-7-16(21-4)12-17(19-18)22-5/h12-13,15H,6-11H2,1-5H3/b16-12+,18-14+,19-17-. The van der Waals surface area contributed by atoms with Crippen LogP contribution in [0.1, 0.15) is 46.5 Å². The highest BCUT2D eigenvalue weighted by Crippen LogP contribution is 2.29. The van der Waals surface area contributed by atoms with Crippen LogP contribution in [0.2, 0.25) is 0 Å². The van der Waals surface area contributed by atoms with E-state index >= 15 is 0 Å². The molecular formula is C18H30N2O2. The average molecular weight is 306 g/mol. The monoisotopic (exact) mass is 306 g/mol. The molecule has 0 unspecified atom stereocenters. The van der Waals surface area contributed by atoms with Gasteiger partial charge in [-0.3, -0.25) is 0 Å². The van der Waals surface area contributed by atoms with Gasteiger partial charge in [-0.05, 0) is 43.6 Å². The van der Waals surface area contributed by atoms with Gasteiger partial charge in [0, 0.05) is 25.6 Å². The number of methoxy groups -OCH3 is 2. The molecule has 0 radical (unpaired) electrons. The van der Waals surface area contributed by atoms with E-state index in [2.05, 4.69) is 25.7 Å². The quantitative estimate of drug-likeness (QED) is 0.791. The van der Waals surface area contributed by atoms with Crippen molar-refractivity contribution in [3.05, 3.63) is 23.2 Å². The highest BCUT2D eigenvalue weighted by molar-refractivity contribution is 5.89. The smallest absolute Gasteiger partial charge is 0.218 e. The third-order valence-electron chi connectivity index (χ3n) is 4.88. The first-order chi connectivity index (χ1) is 10.5. The molecule has 0 bridgehead atoms. The summed E-state index contributed by atoms with van der Waals surface area (Å²) in [7, 11) is 3.37. The van der Waals surface area contributed by atoms with E-state index in [1.54, 1.807) is 14.2 Å². The molecule has 0 saturated carbocycles. The summed E-state index contributed by atoms with van der Waals surface area (Å²) in [4.78, 5) is 7.20. The molecule has 0 aromatic rings. The number of nitrogens with zero attached hydrogens (tertiary/aromatic N) is 2. The summed E-state index contributed by atoms with van der Waals surface area (Å²) >= 11 is 0. The molecule has 22 heavy (non-hydrogen) atoms. The van der Waals surface area contributed by atoms with E-state index in [0.717, 1.165) is 49.3 Å². The third-order valence-corrected chi connectivity index (χ3v) is 4.88. The Morgan fingerprint density at radius 3 is 2.36 bits per heavy atom. The molecule has 1 saturated heterocycles. The van der Waals surface area contributed by atoms with Crippen LogP contribution >= 0.6 is 0 Å². The van der Waals surface area contributed by atoms with Crippen molar-refractivity contribution in [2.24, 2.45) is 16.8 Å². The molecule has 4 heteroatoms. The molecule has 2 aliphatic rings. The highest BCUT2D eigenvalue weighted by Gasteiger charge is 2.24. The van der Waals surface area contributed by atoms with Crippen LogP contribution < -0.4 is 0 Å². The van der Waals surface area contributed by atoms with E-state index in [9.17, 15) is 0 Å². The molecule has 4 nitrogen and oxygen atoms in total. The summed E-state index contributed by atoms with van der Waals surface area (Å²) in [6.07, 6.45) is 6.31. The molecule has 0 aliphatic carbocycles. The lowest BCUT2D eigenvalue weighted by atomic mass is 9.86. The van der Waals surface area contributed by atoms with Crippen LogP contribution in [0, 0.1) is 11.8 Å². The summed E-state index contributed by atoms with van der Waals surface area (Å²) in [6, 6.07) is 0.